The highest BCUT2D eigenvalue weighted by molar-refractivity contribution is 9.10. The van der Waals surface area contributed by atoms with Crippen LogP contribution in [0.3, 0.4) is 0 Å². The molecule has 1 aliphatic heterocycles. The fraction of sp³-hybridized carbons (Fsp3) is 0.158. The molecule has 3 heterocycles. The topological polar surface area (TPSA) is 69.7 Å². The van der Waals surface area contributed by atoms with E-state index in [1.165, 1.54) is 0 Å². The molecule has 0 atom stereocenters. The van der Waals surface area contributed by atoms with Crippen LogP contribution in [0.15, 0.2) is 59.3 Å². The van der Waals surface area contributed by atoms with Crippen LogP contribution < -0.4 is 16.0 Å². The summed E-state index contributed by atoms with van der Waals surface area (Å²) in [5.74, 6) is 1.07. The van der Waals surface area contributed by atoms with Gasteiger partial charge in [-0.1, -0.05) is 28.1 Å². The number of benzene rings is 1. The highest BCUT2D eigenvalue weighted by Crippen LogP contribution is 2.45. The minimum Gasteiger partial charge on any atom is -0.456 e. The van der Waals surface area contributed by atoms with Crippen molar-refractivity contribution < 1.29 is 13.6 Å². The molecule has 0 radical (unpaired) electrons. The minimum atomic E-state index is -0.620. The molecule has 0 unspecified atom stereocenters. The van der Waals surface area contributed by atoms with E-state index in [1.807, 2.05) is 24.3 Å². The van der Waals surface area contributed by atoms with Crippen LogP contribution in [-0.2, 0) is 0 Å². The van der Waals surface area contributed by atoms with E-state index in [0.29, 0.717) is 34.1 Å². The van der Waals surface area contributed by atoms with Crippen LogP contribution in [0, 0.1) is 13.8 Å². The third kappa shape index (κ3) is 2.62. The number of fused-ring (bicyclic) bond motifs is 2. The van der Waals surface area contributed by atoms with Gasteiger partial charge >= 0.3 is 11.3 Å². The quantitative estimate of drug-likeness (QED) is 0.477. The van der Waals surface area contributed by atoms with Gasteiger partial charge in [-0.2, -0.15) is 0 Å². The monoisotopic (exact) mass is 400 g/mol. The molecule has 3 aromatic rings. The summed E-state index contributed by atoms with van der Waals surface area (Å²) in [6.07, 6.45) is 0. The second-order valence-electron chi connectivity index (χ2n) is 5.93. The maximum atomic E-state index is 12.6. The lowest BCUT2D eigenvalue weighted by molar-refractivity contribution is 0.389. The van der Waals surface area contributed by atoms with Gasteiger partial charge in [-0.25, -0.2) is 9.59 Å². The van der Waals surface area contributed by atoms with Gasteiger partial charge in [-0.3, -0.25) is 0 Å². The number of rotatable bonds is 1. The summed E-state index contributed by atoms with van der Waals surface area (Å²) in [7, 11) is 0. The predicted molar refractivity (Wildman–Crippen MR) is 94.6 cm³/mol. The molecule has 5 nitrogen and oxygen atoms in total. The zero-order valence-electron chi connectivity index (χ0n) is 13.5. The molecule has 0 bridgehead atoms. The van der Waals surface area contributed by atoms with Crippen LogP contribution in [0.5, 0.6) is 11.5 Å². The molecule has 0 N–H and O–H groups in total. The average molecular weight is 401 g/mol. The summed E-state index contributed by atoms with van der Waals surface area (Å²) >= 11 is 3.43. The van der Waals surface area contributed by atoms with Crippen LogP contribution in [0.25, 0.3) is 0 Å². The molecule has 126 valence electrons. The lowest BCUT2D eigenvalue weighted by Crippen LogP contribution is -2.26. The fourth-order valence-electron chi connectivity index (χ4n) is 3.16. The van der Waals surface area contributed by atoms with Gasteiger partial charge in [-0.15, -0.1) is 0 Å². The van der Waals surface area contributed by atoms with Gasteiger partial charge in [0.2, 0.25) is 0 Å². The summed E-state index contributed by atoms with van der Waals surface area (Å²) in [5, 5.41) is 0. The van der Waals surface area contributed by atoms with Crippen molar-refractivity contribution in [3.63, 3.8) is 0 Å². The Morgan fingerprint density at radius 2 is 1.44 bits per heavy atom. The van der Waals surface area contributed by atoms with E-state index in [1.54, 1.807) is 26.0 Å². The first kappa shape index (κ1) is 15.9. The Bertz CT molecular complexity index is 1040. The average Bonchev–Trinajstić information content (AvgIpc) is 2.52. The summed E-state index contributed by atoms with van der Waals surface area (Å²) in [5.41, 5.74) is 0.323. The van der Waals surface area contributed by atoms with Crippen LogP contribution in [0.1, 0.15) is 34.1 Å². The maximum Gasteiger partial charge on any atom is 0.343 e. The minimum absolute atomic E-state index is 0.298. The molecule has 0 aliphatic carbocycles. The molecular weight excluding hydrogens is 388 g/mol. The molecule has 4 rings (SSSR count). The van der Waals surface area contributed by atoms with Crippen LogP contribution in [-0.4, -0.2) is 0 Å². The first-order valence-electron chi connectivity index (χ1n) is 7.66. The number of hydrogen-bond donors (Lipinski definition) is 0. The van der Waals surface area contributed by atoms with Gasteiger partial charge in [0.1, 0.15) is 23.0 Å². The smallest absolute Gasteiger partial charge is 0.343 e. The number of ether oxygens (including phenoxy) is 1. The molecule has 0 saturated carbocycles. The lowest BCUT2D eigenvalue weighted by atomic mass is 9.84. The van der Waals surface area contributed by atoms with Gasteiger partial charge < -0.3 is 13.6 Å². The molecule has 0 saturated heterocycles. The van der Waals surface area contributed by atoms with E-state index in [0.717, 1.165) is 10.0 Å². The van der Waals surface area contributed by atoms with E-state index in [2.05, 4.69) is 15.9 Å². The first-order chi connectivity index (χ1) is 11.9. The maximum absolute atomic E-state index is 12.6. The molecule has 2 aromatic heterocycles. The van der Waals surface area contributed by atoms with Crippen LogP contribution in [0.2, 0.25) is 0 Å². The van der Waals surface area contributed by atoms with Gasteiger partial charge in [0, 0.05) is 16.6 Å². The molecule has 6 heteroatoms. The Labute approximate surface area is 151 Å². The first-order valence-corrected chi connectivity index (χ1v) is 8.46. The standard InChI is InChI=1S/C19H13BrO5/c1-9-6-13-16(18(21)23-9)15(11-4-3-5-12(20)8-11)17-14(25-13)7-10(2)24-19(17)22/h3-8,15H,1-2H3. The third-order valence-electron chi connectivity index (χ3n) is 4.13. The lowest BCUT2D eigenvalue weighted by Gasteiger charge is -2.26. The van der Waals surface area contributed by atoms with Crippen molar-refractivity contribution in [3.05, 3.63) is 89.9 Å². The molecule has 0 amide bonds. The van der Waals surface area contributed by atoms with Gasteiger partial charge in [-0.05, 0) is 31.5 Å². The van der Waals surface area contributed by atoms with Crippen LogP contribution >= 0.6 is 15.9 Å². The SMILES string of the molecule is Cc1cc2c(c(=O)o1)C(c1cccc(Br)c1)c1c(cc(C)oc1=O)O2. The Morgan fingerprint density at radius 1 is 0.880 bits per heavy atom. The van der Waals surface area contributed by atoms with Crippen molar-refractivity contribution in [3.8, 4) is 11.5 Å². The van der Waals surface area contributed by atoms with E-state index in [4.69, 9.17) is 13.6 Å². The predicted octanol–water partition coefficient (Wildman–Crippen LogP) is 4.26. The van der Waals surface area contributed by atoms with E-state index >= 15 is 0 Å². The second kappa shape index (κ2) is 5.74. The van der Waals surface area contributed by atoms with Crippen molar-refractivity contribution in [1.29, 1.82) is 0 Å². The number of aryl methyl sites for hydroxylation is 2. The Hall–Kier alpha value is -2.60. The number of halogens is 1. The largest absolute Gasteiger partial charge is 0.456 e. The molecule has 0 spiro atoms. The molecule has 1 aliphatic rings. The molecule has 0 fully saturated rings. The molecular formula is C19H13BrO5. The van der Waals surface area contributed by atoms with Crippen LogP contribution in [0.4, 0.5) is 0 Å². The highest BCUT2D eigenvalue weighted by Gasteiger charge is 2.35. The molecule has 25 heavy (non-hydrogen) atoms. The van der Waals surface area contributed by atoms with Crippen molar-refractivity contribution in [2.24, 2.45) is 0 Å². The van der Waals surface area contributed by atoms with Crippen molar-refractivity contribution in [2.75, 3.05) is 0 Å². The summed E-state index contributed by atoms with van der Waals surface area (Å²) < 4.78 is 17.2. The van der Waals surface area contributed by atoms with Gasteiger partial charge in [0.15, 0.2) is 0 Å². The summed E-state index contributed by atoms with van der Waals surface area (Å²) in [6, 6.07) is 10.8. The Balaban J connectivity index is 2.09. The summed E-state index contributed by atoms with van der Waals surface area (Å²) in [6.45, 7) is 3.36. The normalized spacial score (nSPS) is 13.1. The number of hydrogen-bond acceptors (Lipinski definition) is 5. The highest BCUT2D eigenvalue weighted by atomic mass is 79.9. The summed E-state index contributed by atoms with van der Waals surface area (Å²) in [4.78, 5) is 25.1. The van der Waals surface area contributed by atoms with Gasteiger partial charge in [0.05, 0.1) is 17.0 Å². The zero-order chi connectivity index (χ0) is 17.7. The van der Waals surface area contributed by atoms with Crippen molar-refractivity contribution in [2.45, 2.75) is 19.8 Å². The van der Waals surface area contributed by atoms with E-state index < -0.39 is 17.2 Å². The van der Waals surface area contributed by atoms with Crippen molar-refractivity contribution >= 4 is 15.9 Å². The van der Waals surface area contributed by atoms with Crippen molar-refractivity contribution in [1.82, 2.24) is 0 Å². The zero-order valence-corrected chi connectivity index (χ0v) is 15.0. The second-order valence-corrected chi connectivity index (χ2v) is 6.85. The Kier molecular flexibility index (Phi) is 3.65. The fourth-order valence-corrected chi connectivity index (χ4v) is 3.58. The van der Waals surface area contributed by atoms with E-state index in [-0.39, 0.29) is 0 Å². The Morgan fingerprint density at radius 3 is 1.96 bits per heavy atom. The molecule has 1 aromatic carbocycles. The van der Waals surface area contributed by atoms with Gasteiger partial charge in [0.25, 0.3) is 0 Å². The van der Waals surface area contributed by atoms with E-state index in [9.17, 15) is 9.59 Å². The third-order valence-corrected chi connectivity index (χ3v) is 4.62.